The number of allylic oxidation sites excluding steroid dienone is 1. The summed E-state index contributed by atoms with van der Waals surface area (Å²) in [4.78, 5) is 0. The maximum absolute atomic E-state index is 3.73. The molecule has 80 valence electrons. The van der Waals surface area contributed by atoms with Crippen LogP contribution < -0.4 is 5.32 Å². The quantitative estimate of drug-likeness (QED) is 0.551. The SMILES string of the molecule is C=CCCCNC1CC1c1ccccc1. The summed E-state index contributed by atoms with van der Waals surface area (Å²) in [6.45, 7) is 4.85. The van der Waals surface area contributed by atoms with E-state index < -0.39 is 0 Å². The third-order valence-corrected chi connectivity index (χ3v) is 3.01. The van der Waals surface area contributed by atoms with Crippen LogP contribution in [0.5, 0.6) is 0 Å². The third kappa shape index (κ3) is 2.93. The highest BCUT2D eigenvalue weighted by Crippen LogP contribution is 2.40. The molecule has 1 saturated carbocycles. The number of nitrogens with one attached hydrogen (secondary N) is 1. The van der Waals surface area contributed by atoms with Crippen molar-refractivity contribution in [3.63, 3.8) is 0 Å². The third-order valence-electron chi connectivity index (χ3n) is 3.01. The van der Waals surface area contributed by atoms with Gasteiger partial charge in [-0.3, -0.25) is 0 Å². The van der Waals surface area contributed by atoms with Gasteiger partial charge in [-0.15, -0.1) is 6.58 Å². The summed E-state index contributed by atoms with van der Waals surface area (Å²) in [5, 5.41) is 3.59. The summed E-state index contributed by atoms with van der Waals surface area (Å²) in [7, 11) is 0. The lowest BCUT2D eigenvalue weighted by atomic mass is 10.1. The van der Waals surface area contributed by atoms with Gasteiger partial charge in [-0.1, -0.05) is 36.4 Å². The fourth-order valence-electron chi connectivity index (χ4n) is 2.02. The lowest BCUT2D eigenvalue weighted by molar-refractivity contribution is 0.641. The zero-order chi connectivity index (χ0) is 10.5. The van der Waals surface area contributed by atoms with E-state index in [1.54, 1.807) is 0 Å². The first-order valence-corrected chi connectivity index (χ1v) is 5.81. The highest BCUT2D eigenvalue weighted by Gasteiger charge is 2.37. The number of hydrogen-bond donors (Lipinski definition) is 1. The minimum atomic E-state index is 0.720. The second kappa shape index (κ2) is 5.13. The van der Waals surface area contributed by atoms with E-state index in [0.717, 1.165) is 24.9 Å². The molecular formula is C14H19N. The van der Waals surface area contributed by atoms with E-state index in [1.807, 2.05) is 6.08 Å². The standard InChI is InChI=1S/C14H19N/c1-2-3-7-10-15-14-11-13(14)12-8-5-4-6-9-12/h2,4-6,8-9,13-15H,1,3,7,10-11H2. The molecule has 1 N–H and O–H groups in total. The summed E-state index contributed by atoms with van der Waals surface area (Å²) in [5.74, 6) is 0.759. The summed E-state index contributed by atoms with van der Waals surface area (Å²) < 4.78 is 0. The second-order valence-electron chi connectivity index (χ2n) is 4.24. The van der Waals surface area contributed by atoms with Gasteiger partial charge in [-0.2, -0.15) is 0 Å². The zero-order valence-electron chi connectivity index (χ0n) is 9.15. The first-order chi connectivity index (χ1) is 7.42. The monoisotopic (exact) mass is 201 g/mol. The Balaban J connectivity index is 1.70. The van der Waals surface area contributed by atoms with Crippen molar-refractivity contribution in [1.82, 2.24) is 5.32 Å². The fourth-order valence-corrected chi connectivity index (χ4v) is 2.02. The fraction of sp³-hybridized carbons (Fsp3) is 0.429. The van der Waals surface area contributed by atoms with Crippen LogP contribution in [-0.4, -0.2) is 12.6 Å². The van der Waals surface area contributed by atoms with Gasteiger partial charge >= 0.3 is 0 Å². The van der Waals surface area contributed by atoms with Gasteiger partial charge in [0.25, 0.3) is 0 Å². The van der Waals surface area contributed by atoms with E-state index in [4.69, 9.17) is 0 Å². The largest absolute Gasteiger partial charge is 0.313 e. The van der Waals surface area contributed by atoms with Gasteiger partial charge in [0.05, 0.1) is 0 Å². The van der Waals surface area contributed by atoms with Gasteiger partial charge in [-0.25, -0.2) is 0 Å². The van der Waals surface area contributed by atoms with Crippen molar-refractivity contribution in [2.75, 3.05) is 6.54 Å². The molecule has 1 aliphatic carbocycles. The maximum atomic E-state index is 3.73. The Hall–Kier alpha value is -1.08. The van der Waals surface area contributed by atoms with Crippen molar-refractivity contribution in [3.8, 4) is 0 Å². The molecule has 2 atom stereocenters. The molecule has 0 saturated heterocycles. The summed E-state index contributed by atoms with van der Waals surface area (Å²) in [6.07, 6.45) is 5.62. The molecule has 2 unspecified atom stereocenters. The highest BCUT2D eigenvalue weighted by atomic mass is 15.0. The van der Waals surface area contributed by atoms with Gasteiger partial charge in [0, 0.05) is 12.0 Å². The Bertz CT molecular complexity index is 304. The van der Waals surface area contributed by atoms with Gasteiger partial charge in [0.15, 0.2) is 0 Å². The molecule has 1 fully saturated rings. The summed E-state index contributed by atoms with van der Waals surface area (Å²) >= 11 is 0. The van der Waals surface area contributed by atoms with E-state index in [2.05, 4.69) is 42.2 Å². The van der Waals surface area contributed by atoms with E-state index in [9.17, 15) is 0 Å². The second-order valence-corrected chi connectivity index (χ2v) is 4.24. The normalized spacial score (nSPS) is 23.7. The summed E-state index contributed by atoms with van der Waals surface area (Å²) in [5.41, 5.74) is 1.48. The molecule has 2 rings (SSSR count). The van der Waals surface area contributed by atoms with Crippen molar-refractivity contribution in [3.05, 3.63) is 48.6 Å². The van der Waals surface area contributed by atoms with Crippen LogP contribution in [-0.2, 0) is 0 Å². The van der Waals surface area contributed by atoms with E-state index in [1.165, 1.54) is 18.4 Å². The molecule has 1 aromatic carbocycles. The molecule has 0 heterocycles. The first kappa shape index (κ1) is 10.4. The first-order valence-electron chi connectivity index (χ1n) is 5.81. The summed E-state index contributed by atoms with van der Waals surface area (Å²) in [6, 6.07) is 11.5. The van der Waals surface area contributed by atoms with E-state index >= 15 is 0 Å². The lowest BCUT2D eigenvalue weighted by Crippen LogP contribution is -2.18. The number of unbranched alkanes of at least 4 members (excludes halogenated alkanes) is 1. The average Bonchev–Trinajstić information content (AvgIpc) is 3.05. The smallest absolute Gasteiger partial charge is 0.0143 e. The Labute approximate surface area is 92.2 Å². The lowest BCUT2D eigenvalue weighted by Gasteiger charge is -2.02. The number of benzene rings is 1. The molecule has 0 amide bonds. The van der Waals surface area contributed by atoms with Gasteiger partial charge in [0.1, 0.15) is 0 Å². The van der Waals surface area contributed by atoms with Gasteiger partial charge in [-0.05, 0) is 31.4 Å². The molecule has 0 spiro atoms. The van der Waals surface area contributed by atoms with Crippen LogP contribution in [0.1, 0.15) is 30.7 Å². The topological polar surface area (TPSA) is 12.0 Å². The Morgan fingerprint density at radius 3 is 2.87 bits per heavy atom. The van der Waals surface area contributed by atoms with Crippen LogP contribution in [0.2, 0.25) is 0 Å². The Morgan fingerprint density at radius 2 is 2.13 bits per heavy atom. The van der Waals surface area contributed by atoms with Crippen LogP contribution in [0.15, 0.2) is 43.0 Å². The van der Waals surface area contributed by atoms with Crippen molar-refractivity contribution < 1.29 is 0 Å². The molecule has 1 nitrogen and oxygen atoms in total. The average molecular weight is 201 g/mol. The molecule has 0 aromatic heterocycles. The predicted octanol–water partition coefficient (Wildman–Crippen LogP) is 3.10. The molecule has 1 heteroatoms. The van der Waals surface area contributed by atoms with Crippen LogP contribution in [0, 0.1) is 0 Å². The predicted molar refractivity (Wildman–Crippen MR) is 65.0 cm³/mol. The van der Waals surface area contributed by atoms with Crippen LogP contribution in [0.4, 0.5) is 0 Å². The van der Waals surface area contributed by atoms with Gasteiger partial charge in [0.2, 0.25) is 0 Å². The van der Waals surface area contributed by atoms with Gasteiger partial charge < -0.3 is 5.32 Å². The molecular weight excluding hydrogens is 182 g/mol. The molecule has 15 heavy (non-hydrogen) atoms. The molecule has 0 radical (unpaired) electrons. The molecule has 0 aliphatic heterocycles. The van der Waals surface area contributed by atoms with Crippen LogP contribution >= 0.6 is 0 Å². The van der Waals surface area contributed by atoms with Crippen molar-refractivity contribution >= 4 is 0 Å². The Kier molecular flexibility index (Phi) is 3.57. The van der Waals surface area contributed by atoms with E-state index in [0.29, 0.717) is 0 Å². The minimum Gasteiger partial charge on any atom is -0.313 e. The number of hydrogen-bond acceptors (Lipinski definition) is 1. The maximum Gasteiger partial charge on any atom is 0.0143 e. The molecule has 1 aromatic rings. The van der Waals surface area contributed by atoms with Crippen LogP contribution in [0.3, 0.4) is 0 Å². The molecule has 0 bridgehead atoms. The molecule has 1 aliphatic rings. The van der Waals surface area contributed by atoms with Crippen molar-refractivity contribution in [2.24, 2.45) is 0 Å². The highest BCUT2D eigenvalue weighted by molar-refractivity contribution is 5.27. The van der Waals surface area contributed by atoms with Crippen LogP contribution in [0.25, 0.3) is 0 Å². The number of rotatable bonds is 6. The van der Waals surface area contributed by atoms with E-state index in [-0.39, 0.29) is 0 Å². The van der Waals surface area contributed by atoms with Crippen molar-refractivity contribution in [2.45, 2.75) is 31.2 Å². The Morgan fingerprint density at radius 1 is 1.33 bits per heavy atom. The van der Waals surface area contributed by atoms with Crippen molar-refractivity contribution in [1.29, 1.82) is 0 Å². The minimum absolute atomic E-state index is 0.720. The zero-order valence-corrected chi connectivity index (χ0v) is 9.15.